The minimum Gasteiger partial charge on any atom is -0.368 e. The van der Waals surface area contributed by atoms with Crippen LogP contribution in [-0.4, -0.2) is 23.0 Å². The molecule has 0 saturated carbocycles. The number of carbonyl (C=O) groups excluding carboxylic acids is 1. The van der Waals surface area contributed by atoms with Crippen LogP contribution in [0.5, 0.6) is 0 Å². The van der Waals surface area contributed by atoms with Crippen LogP contribution in [0.3, 0.4) is 0 Å². The number of nitrogens with zero attached hydrogens (tertiary/aromatic N) is 1. The maximum absolute atomic E-state index is 11.9. The molecule has 88 valence electrons. The van der Waals surface area contributed by atoms with E-state index in [2.05, 4.69) is 9.69 Å². The number of rotatable bonds is 2. The van der Waals surface area contributed by atoms with Gasteiger partial charge < -0.3 is 10.1 Å². The second-order valence-corrected chi connectivity index (χ2v) is 4.82. The van der Waals surface area contributed by atoms with Crippen LogP contribution >= 0.6 is 11.5 Å². The van der Waals surface area contributed by atoms with Crippen LogP contribution in [0.1, 0.15) is 12.8 Å². The van der Waals surface area contributed by atoms with E-state index in [-0.39, 0.29) is 12.0 Å². The van der Waals surface area contributed by atoms with Crippen LogP contribution in [0.2, 0.25) is 0 Å². The largest absolute Gasteiger partial charge is 0.368 e. The normalized spacial score (nSPS) is 19.6. The Labute approximate surface area is 103 Å². The Morgan fingerprint density at radius 2 is 2.35 bits per heavy atom. The summed E-state index contributed by atoms with van der Waals surface area (Å²) in [5.41, 5.74) is 0. The maximum Gasteiger partial charge on any atom is 0.254 e. The summed E-state index contributed by atoms with van der Waals surface area (Å²) in [6, 6.07) is 7.86. The van der Waals surface area contributed by atoms with Crippen molar-refractivity contribution in [2.75, 3.05) is 11.9 Å². The molecule has 5 heteroatoms. The van der Waals surface area contributed by atoms with Gasteiger partial charge in [0, 0.05) is 12.0 Å². The van der Waals surface area contributed by atoms with E-state index in [9.17, 15) is 4.79 Å². The third-order valence-electron chi connectivity index (χ3n) is 2.84. The number of aromatic nitrogens is 1. The number of carbonyl (C=O) groups is 1. The van der Waals surface area contributed by atoms with Gasteiger partial charge in [-0.05, 0) is 36.5 Å². The molecular weight excluding hydrogens is 236 g/mol. The number of amides is 1. The van der Waals surface area contributed by atoms with Gasteiger partial charge in [0.2, 0.25) is 0 Å². The van der Waals surface area contributed by atoms with Crippen molar-refractivity contribution in [1.29, 1.82) is 0 Å². The lowest BCUT2D eigenvalue weighted by Crippen LogP contribution is -2.26. The first-order valence-corrected chi connectivity index (χ1v) is 6.39. The topological polar surface area (TPSA) is 51.2 Å². The minimum absolute atomic E-state index is 0.0847. The minimum atomic E-state index is -0.310. The summed E-state index contributed by atoms with van der Waals surface area (Å²) in [7, 11) is 0. The maximum atomic E-state index is 11.9. The SMILES string of the molecule is O=C(Nc1nsc2ccccc12)[C@H]1CCCO1. The predicted molar refractivity (Wildman–Crippen MR) is 67.2 cm³/mol. The summed E-state index contributed by atoms with van der Waals surface area (Å²) in [5.74, 6) is 0.560. The van der Waals surface area contributed by atoms with Crippen molar-refractivity contribution in [3.05, 3.63) is 24.3 Å². The number of fused-ring (bicyclic) bond motifs is 1. The van der Waals surface area contributed by atoms with Gasteiger partial charge in [-0.1, -0.05) is 12.1 Å². The van der Waals surface area contributed by atoms with Crippen molar-refractivity contribution in [3.8, 4) is 0 Å². The second-order valence-electron chi connectivity index (χ2n) is 4.02. The quantitative estimate of drug-likeness (QED) is 0.888. The predicted octanol–water partition coefficient (Wildman–Crippen LogP) is 2.41. The van der Waals surface area contributed by atoms with E-state index in [1.165, 1.54) is 11.5 Å². The number of hydrogen-bond donors (Lipinski definition) is 1. The lowest BCUT2D eigenvalue weighted by Gasteiger charge is -2.08. The van der Waals surface area contributed by atoms with Gasteiger partial charge in [0.1, 0.15) is 6.10 Å². The first kappa shape index (κ1) is 10.7. The van der Waals surface area contributed by atoms with Gasteiger partial charge in [-0.15, -0.1) is 0 Å². The summed E-state index contributed by atoms with van der Waals surface area (Å²) in [6.45, 7) is 0.676. The highest BCUT2D eigenvalue weighted by Crippen LogP contribution is 2.26. The van der Waals surface area contributed by atoms with Gasteiger partial charge in [0.15, 0.2) is 5.82 Å². The van der Waals surface area contributed by atoms with Crippen LogP contribution < -0.4 is 5.32 Å². The van der Waals surface area contributed by atoms with Gasteiger partial charge >= 0.3 is 0 Å². The molecule has 0 unspecified atom stereocenters. The number of nitrogens with one attached hydrogen (secondary N) is 1. The second kappa shape index (κ2) is 4.43. The van der Waals surface area contributed by atoms with Crippen molar-refractivity contribution in [3.63, 3.8) is 0 Å². The molecule has 1 atom stereocenters. The molecule has 1 aromatic heterocycles. The molecule has 1 fully saturated rings. The molecule has 0 bridgehead atoms. The Kier molecular flexibility index (Phi) is 2.78. The molecular formula is C12H12N2O2S. The Bertz CT molecular complexity index is 546. The van der Waals surface area contributed by atoms with Gasteiger partial charge in [0.25, 0.3) is 5.91 Å². The average molecular weight is 248 g/mol. The van der Waals surface area contributed by atoms with Gasteiger partial charge in [0.05, 0.1) is 4.70 Å². The Morgan fingerprint density at radius 3 is 3.18 bits per heavy atom. The van der Waals surface area contributed by atoms with Crippen LogP contribution in [0.15, 0.2) is 24.3 Å². The summed E-state index contributed by atoms with van der Waals surface area (Å²) in [4.78, 5) is 11.9. The highest BCUT2D eigenvalue weighted by Gasteiger charge is 2.24. The fourth-order valence-electron chi connectivity index (χ4n) is 1.96. The smallest absolute Gasteiger partial charge is 0.254 e. The highest BCUT2D eigenvalue weighted by molar-refractivity contribution is 7.13. The Balaban J connectivity index is 1.82. The molecule has 2 heterocycles. The third kappa shape index (κ3) is 2.03. The van der Waals surface area contributed by atoms with E-state index in [0.717, 1.165) is 22.9 Å². The van der Waals surface area contributed by atoms with E-state index in [1.807, 2.05) is 24.3 Å². The summed E-state index contributed by atoms with van der Waals surface area (Å²) in [6.07, 6.45) is 1.44. The first-order valence-electron chi connectivity index (χ1n) is 5.61. The van der Waals surface area contributed by atoms with E-state index in [4.69, 9.17) is 4.74 Å². The zero-order chi connectivity index (χ0) is 11.7. The average Bonchev–Trinajstić information content (AvgIpc) is 2.98. The summed E-state index contributed by atoms with van der Waals surface area (Å²) >= 11 is 1.39. The van der Waals surface area contributed by atoms with Crippen LogP contribution in [-0.2, 0) is 9.53 Å². The van der Waals surface area contributed by atoms with Crippen molar-refractivity contribution >= 4 is 33.3 Å². The number of anilines is 1. The zero-order valence-electron chi connectivity index (χ0n) is 9.18. The summed E-state index contributed by atoms with van der Waals surface area (Å²) < 4.78 is 10.7. The van der Waals surface area contributed by atoms with Crippen LogP contribution in [0.4, 0.5) is 5.82 Å². The van der Waals surface area contributed by atoms with Crippen molar-refractivity contribution in [2.24, 2.45) is 0 Å². The molecule has 1 aliphatic rings. The van der Waals surface area contributed by atoms with Crippen LogP contribution in [0, 0.1) is 0 Å². The molecule has 1 saturated heterocycles. The number of benzene rings is 1. The monoisotopic (exact) mass is 248 g/mol. The van der Waals surface area contributed by atoms with E-state index in [0.29, 0.717) is 12.4 Å². The molecule has 4 nitrogen and oxygen atoms in total. The van der Waals surface area contributed by atoms with Crippen molar-refractivity contribution in [1.82, 2.24) is 4.37 Å². The molecule has 1 aliphatic heterocycles. The fourth-order valence-corrected chi connectivity index (χ4v) is 2.69. The first-order chi connectivity index (χ1) is 8.34. The standard InChI is InChI=1S/C12H12N2O2S/c15-12(9-5-3-7-16-9)13-11-8-4-1-2-6-10(8)17-14-11/h1-2,4,6,9H,3,5,7H2,(H,13,14,15)/t9-/m1/s1. The van der Waals surface area contributed by atoms with Crippen molar-refractivity contribution in [2.45, 2.75) is 18.9 Å². The number of hydrogen-bond acceptors (Lipinski definition) is 4. The van der Waals surface area contributed by atoms with E-state index >= 15 is 0 Å². The number of ether oxygens (including phenoxy) is 1. The zero-order valence-corrected chi connectivity index (χ0v) is 10.00. The molecule has 0 radical (unpaired) electrons. The van der Waals surface area contributed by atoms with Crippen LogP contribution in [0.25, 0.3) is 10.1 Å². The molecule has 17 heavy (non-hydrogen) atoms. The van der Waals surface area contributed by atoms with Gasteiger partial charge in [-0.25, -0.2) is 0 Å². The van der Waals surface area contributed by atoms with Crippen molar-refractivity contribution < 1.29 is 9.53 Å². The highest BCUT2D eigenvalue weighted by atomic mass is 32.1. The lowest BCUT2D eigenvalue weighted by molar-refractivity contribution is -0.124. The molecule has 3 rings (SSSR count). The molecule has 1 N–H and O–H groups in total. The molecule has 2 aromatic rings. The van der Waals surface area contributed by atoms with E-state index < -0.39 is 0 Å². The summed E-state index contributed by atoms with van der Waals surface area (Å²) in [5, 5.41) is 3.83. The molecule has 0 aliphatic carbocycles. The Morgan fingerprint density at radius 1 is 1.47 bits per heavy atom. The van der Waals surface area contributed by atoms with Gasteiger partial charge in [-0.2, -0.15) is 4.37 Å². The molecule has 1 aromatic carbocycles. The lowest BCUT2D eigenvalue weighted by atomic mass is 10.2. The third-order valence-corrected chi connectivity index (χ3v) is 3.67. The van der Waals surface area contributed by atoms with Gasteiger partial charge in [-0.3, -0.25) is 4.79 Å². The fraction of sp³-hybridized carbons (Fsp3) is 0.333. The molecule has 1 amide bonds. The molecule has 0 spiro atoms. The van der Waals surface area contributed by atoms with E-state index in [1.54, 1.807) is 0 Å². The Hall–Kier alpha value is -1.46.